The normalized spacial score (nSPS) is 12.8. The van der Waals surface area contributed by atoms with Crippen LogP contribution in [0.1, 0.15) is 44.4 Å². The second kappa shape index (κ2) is 8.40. The minimum Gasteiger partial charge on any atom is -0.403 e. The molecule has 0 saturated carbocycles. The molecule has 0 saturated heterocycles. The third kappa shape index (κ3) is 3.65. The number of carbonyl (C=O) groups excluding carboxylic acids is 3. The Morgan fingerprint density at radius 2 is 1.68 bits per heavy atom. The van der Waals surface area contributed by atoms with Gasteiger partial charge in [0.1, 0.15) is 0 Å². The summed E-state index contributed by atoms with van der Waals surface area (Å²) in [5.74, 6) is -0.955. The number of nitrogens with zero attached hydrogens (tertiary/aromatic N) is 2. The molecule has 1 N–H and O–H groups in total. The van der Waals surface area contributed by atoms with E-state index in [-0.39, 0.29) is 28.8 Å². The highest BCUT2D eigenvalue weighted by Gasteiger charge is 2.35. The number of hydrogen-bond donors (Lipinski definition) is 1. The molecule has 0 atom stereocenters. The van der Waals surface area contributed by atoms with Gasteiger partial charge in [-0.2, -0.15) is 0 Å². The number of rotatable bonds is 5. The zero-order valence-corrected chi connectivity index (χ0v) is 18.2. The van der Waals surface area contributed by atoms with Crippen molar-refractivity contribution in [2.24, 2.45) is 0 Å². The number of fused-ring (bicyclic) bond motifs is 2. The average Bonchev–Trinajstić information content (AvgIpc) is 3.09. The highest BCUT2D eigenvalue weighted by Crippen LogP contribution is 2.25. The van der Waals surface area contributed by atoms with Crippen LogP contribution < -0.4 is 10.9 Å². The molecule has 8 heteroatoms. The fourth-order valence-corrected chi connectivity index (χ4v) is 3.90. The maximum absolute atomic E-state index is 12.8. The quantitative estimate of drug-likeness (QED) is 0.456. The predicted molar refractivity (Wildman–Crippen MR) is 126 cm³/mol. The maximum Gasteiger partial charge on any atom is 0.347 e. The molecule has 2 heterocycles. The zero-order valence-electron chi connectivity index (χ0n) is 18.2. The molecule has 0 unspecified atom stereocenters. The second-order valence-corrected chi connectivity index (χ2v) is 7.88. The summed E-state index contributed by atoms with van der Waals surface area (Å²) in [6, 6.07) is 18.1. The summed E-state index contributed by atoms with van der Waals surface area (Å²) >= 11 is 0. The summed E-state index contributed by atoms with van der Waals surface area (Å²) < 4.78 is 5.34. The number of hydrogen-bond acceptors (Lipinski definition) is 6. The molecule has 1 aromatic heterocycles. The summed E-state index contributed by atoms with van der Waals surface area (Å²) in [4.78, 5) is 55.5. The molecular weight excluding hydrogens is 434 g/mol. The highest BCUT2D eigenvalue weighted by atomic mass is 16.4. The van der Waals surface area contributed by atoms with Crippen molar-refractivity contribution in [3.05, 3.63) is 93.8 Å². The van der Waals surface area contributed by atoms with Gasteiger partial charge in [0, 0.05) is 23.4 Å². The molecule has 0 spiro atoms. The maximum atomic E-state index is 12.8. The monoisotopic (exact) mass is 453 g/mol. The number of amides is 3. The zero-order chi connectivity index (χ0) is 23.8. The topological polar surface area (TPSA) is 110 Å². The molecule has 3 amide bonds. The Bertz CT molecular complexity index is 1520. The smallest absolute Gasteiger partial charge is 0.347 e. The fourth-order valence-electron chi connectivity index (χ4n) is 3.90. The van der Waals surface area contributed by atoms with E-state index in [1.807, 2.05) is 6.92 Å². The van der Waals surface area contributed by atoms with Crippen LogP contribution >= 0.6 is 0 Å². The molecule has 4 aromatic rings. The lowest BCUT2D eigenvalue weighted by Crippen LogP contribution is -2.30. The molecule has 168 valence electrons. The summed E-state index contributed by atoms with van der Waals surface area (Å²) in [7, 11) is 0. The average molecular weight is 453 g/mol. The van der Waals surface area contributed by atoms with Crippen molar-refractivity contribution in [1.29, 1.82) is 0 Å². The lowest BCUT2D eigenvalue weighted by molar-refractivity contribution is 0.0654. The van der Waals surface area contributed by atoms with Gasteiger partial charge in [0.05, 0.1) is 22.0 Å². The third-order valence-corrected chi connectivity index (χ3v) is 5.61. The highest BCUT2D eigenvalue weighted by molar-refractivity contribution is 6.22. The summed E-state index contributed by atoms with van der Waals surface area (Å²) in [5, 5.41) is 3.18. The van der Waals surface area contributed by atoms with Gasteiger partial charge in [-0.3, -0.25) is 19.3 Å². The Morgan fingerprint density at radius 1 is 0.941 bits per heavy atom. The van der Waals surface area contributed by atoms with Crippen molar-refractivity contribution in [3.8, 4) is 11.5 Å². The fraction of sp³-hybridized carbons (Fsp3) is 0.115. The Hall–Kier alpha value is -4.59. The molecule has 34 heavy (non-hydrogen) atoms. The van der Waals surface area contributed by atoms with E-state index in [9.17, 15) is 19.2 Å². The van der Waals surface area contributed by atoms with Gasteiger partial charge in [0.15, 0.2) is 0 Å². The molecule has 1 aliphatic heterocycles. The lowest BCUT2D eigenvalue weighted by atomic mass is 10.1. The number of imide groups is 1. The van der Waals surface area contributed by atoms with Gasteiger partial charge in [-0.25, -0.2) is 9.78 Å². The third-order valence-electron chi connectivity index (χ3n) is 5.61. The minimum atomic E-state index is -0.472. The van der Waals surface area contributed by atoms with Crippen LogP contribution in [0.2, 0.25) is 0 Å². The van der Waals surface area contributed by atoms with Crippen LogP contribution in [0.4, 0.5) is 5.69 Å². The Morgan fingerprint density at radius 3 is 2.44 bits per heavy atom. The first-order valence-corrected chi connectivity index (χ1v) is 10.8. The van der Waals surface area contributed by atoms with Gasteiger partial charge in [-0.1, -0.05) is 19.1 Å². The molecule has 0 fully saturated rings. The van der Waals surface area contributed by atoms with Gasteiger partial charge in [-0.15, -0.1) is 0 Å². The number of anilines is 1. The van der Waals surface area contributed by atoms with Crippen LogP contribution in [-0.2, 0) is 0 Å². The summed E-state index contributed by atoms with van der Waals surface area (Å²) in [6.45, 7) is 2.23. The van der Waals surface area contributed by atoms with Gasteiger partial charge in [0.25, 0.3) is 17.7 Å². The number of nitrogens with one attached hydrogen (secondary N) is 1. The molecular formula is C26H19N3O5. The van der Waals surface area contributed by atoms with Crippen LogP contribution in [0.25, 0.3) is 22.4 Å². The first-order valence-electron chi connectivity index (χ1n) is 10.8. The minimum absolute atomic E-state index is 0.181. The largest absolute Gasteiger partial charge is 0.403 e. The van der Waals surface area contributed by atoms with E-state index in [0.29, 0.717) is 40.7 Å². The molecule has 3 aromatic carbocycles. The molecule has 1 aliphatic rings. The van der Waals surface area contributed by atoms with E-state index in [2.05, 4.69) is 10.3 Å². The summed E-state index contributed by atoms with van der Waals surface area (Å²) in [5.41, 5.74) is 1.96. The number of benzene rings is 3. The van der Waals surface area contributed by atoms with Crippen molar-refractivity contribution >= 4 is 34.3 Å². The van der Waals surface area contributed by atoms with Crippen LogP contribution in [0.5, 0.6) is 0 Å². The van der Waals surface area contributed by atoms with E-state index in [1.54, 1.807) is 48.5 Å². The Labute approximate surface area is 193 Å². The Balaban J connectivity index is 1.35. The number of para-hydroxylation sites is 1. The van der Waals surface area contributed by atoms with Crippen LogP contribution in [0, 0.1) is 0 Å². The van der Waals surface area contributed by atoms with E-state index in [4.69, 9.17) is 4.42 Å². The number of aromatic nitrogens is 1. The van der Waals surface area contributed by atoms with Gasteiger partial charge in [-0.05, 0) is 61.0 Å². The van der Waals surface area contributed by atoms with E-state index in [1.165, 1.54) is 23.1 Å². The second-order valence-electron chi connectivity index (χ2n) is 7.88. The molecule has 0 aliphatic carbocycles. The van der Waals surface area contributed by atoms with Gasteiger partial charge >= 0.3 is 5.63 Å². The molecule has 0 radical (unpaired) electrons. The van der Waals surface area contributed by atoms with Crippen molar-refractivity contribution in [2.75, 3.05) is 11.9 Å². The number of carbonyl (C=O) groups is 3. The van der Waals surface area contributed by atoms with E-state index in [0.717, 1.165) is 0 Å². The van der Waals surface area contributed by atoms with Crippen molar-refractivity contribution in [2.45, 2.75) is 13.3 Å². The SMILES string of the molecule is CCCN1C(=O)c2ccc(C(=O)Nc3ccc(-c4nc5ccccc5c(=O)o4)cc3)cc2C1=O. The van der Waals surface area contributed by atoms with Crippen molar-refractivity contribution in [1.82, 2.24) is 9.88 Å². The van der Waals surface area contributed by atoms with E-state index >= 15 is 0 Å². The molecule has 0 bridgehead atoms. The van der Waals surface area contributed by atoms with Crippen LogP contribution in [0.15, 0.2) is 75.9 Å². The van der Waals surface area contributed by atoms with Gasteiger partial charge < -0.3 is 9.73 Å². The van der Waals surface area contributed by atoms with Gasteiger partial charge in [0.2, 0.25) is 5.89 Å². The Kier molecular flexibility index (Phi) is 5.25. The van der Waals surface area contributed by atoms with E-state index < -0.39 is 11.5 Å². The van der Waals surface area contributed by atoms with Crippen molar-refractivity contribution < 1.29 is 18.8 Å². The lowest BCUT2D eigenvalue weighted by Gasteiger charge is -2.11. The molecule has 8 nitrogen and oxygen atoms in total. The van der Waals surface area contributed by atoms with Crippen LogP contribution in [-0.4, -0.2) is 34.2 Å². The first kappa shape index (κ1) is 21.3. The first-order chi connectivity index (χ1) is 16.5. The summed E-state index contributed by atoms with van der Waals surface area (Å²) in [6.07, 6.45) is 0.660. The standard InChI is InChI=1S/C26H19N3O5/c1-2-13-29-24(31)18-12-9-16(14-20(18)25(29)32)22(30)27-17-10-7-15(8-11-17)23-28-21-6-4-3-5-19(21)26(33)34-23/h3-12,14H,2,13H2,1H3,(H,27,30). The van der Waals surface area contributed by atoms with Crippen molar-refractivity contribution in [3.63, 3.8) is 0 Å². The van der Waals surface area contributed by atoms with Crippen LogP contribution in [0.3, 0.4) is 0 Å². The molecule has 5 rings (SSSR count). The predicted octanol–water partition coefficient (Wildman–Crippen LogP) is 4.11.